The van der Waals surface area contributed by atoms with E-state index in [1.807, 2.05) is 13.0 Å². The molecule has 1 aromatic heterocycles. The molecule has 5 heteroatoms. The van der Waals surface area contributed by atoms with Crippen molar-refractivity contribution in [2.75, 3.05) is 0 Å². The van der Waals surface area contributed by atoms with Crippen LogP contribution in [0.15, 0.2) is 27.2 Å². The molecule has 0 aliphatic heterocycles. The molecule has 0 fully saturated rings. The number of nitrogens with zero attached hydrogens (tertiary/aromatic N) is 2. The smallest absolute Gasteiger partial charge is 0.388 e. The lowest BCUT2D eigenvalue weighted by atomic mass is 10.2. The van der Waals surface area contributed by atoms with Gasteiger partial charge in [-0.05, 0) is 28.1 Å². The summed E-state index contributed by atoms with van der Waals surface area (Å²) < 4.78 is 7.54. The van der Waals surface area contributed by atoms with Crippen molar-refractivity contribution in [3.63, 3.8) is 0 Å². The van der Waals surface area contributed by atoms with Crippen LogP contribution in [0.5, 0.6) is 5.75 Å². The Morgan fingerprint density at radius 1 is 1.47 bits per heavy atom. The number of benzene rings is 1. The van der Waals surface area contributed by atoms with E-state index in [0.29, 0.717) is 15.9 Å². The van der Waals surface area contributed by atoms with Gasteiger partial charge in [0.15, 0.2) is 0 Å². The van der Waals surface area contributed by atoms with Crippen molar-refractivity contribution in [2.45, 2.75) is 6.92 Å². The van der Waals surface area contributed by atoms with E-state index in [0.717, 1.165) is 5.82 Å². The van der Waals surface area contributed by atoms with E-state index in [-0.39, 0.29) is 5.75 Å². The van der Waals surface area contributed by atoms with Gasteiger partial charge in [0.05, 0.1) is 4.47 Å². The minimum Gasteiger partial charge on any atom is -0.506 e. The second kappa shape index (κ2) is 3.66. The molecule has 2 aromatic rings. The number of phenolic OH excluding ortho intramolecular Hbond substituents is 1. The van der Waals surface area contributed by atoms with Gasteiger partial charge in [-0.3, -0.25) is 4.52 Å². The Morgan fingerprint density at radius 3 is 2.80 bits per heavy atom. The Balaban J connectivity index is 2.59. The van der Waals surface area contributed by atoms with Gasteiger partial charge in [-0.2, -0.15) is 0 Å². The third kappa shape index (κ3) is 1.74. The van der Waals surface area contributed by atoms with Gasteiger partial charge in [0, 0.05) is 11.9 Å². The van der Waals surface area contributed by atoms with E-state index in [4.69, 9.17) is 4.52 Å². The van der Waals surface area contributed by atoms with Crippen LogP contribution >= 0.6 is 15.9 Å². The molecule has 0 unspecified atom stereocenters. The summed E-state index contributed by atoms with van der Waals surface area (Å²) in [5.74, 6) is 1.30. The third-order valence-corrected chi connectivity index (χ3v) is 2.80. The summed E-state index contributed by atoms with van der Waals surface area (Å²) in [6.07, 6.45) is 0. The number of hydrogen-bond acceptors (Lipinski definition) is 3. The van der Waals surface area contributed by atoms with Crippen molar-refractivity contribution in [3.8, 4) is 17.2 Å². The predicted molar refractivity (Wildman–Crippen MR) is 57.2 cm³/mol. The van der Waals surface area contributed by atoms with Crippen molar-refractivity contribution >= 4 is 15.9 Å². The molecule has 0 bridgehead atoms. The molecule has 0 amide bonds. The monoisotopic (exact) mass is 269 g/mol. The van der Waals surface area contributed by atoms with Gasteiger partial charge in [-0.15, -0.1) is 0 Å². The first-order chi connectivity index (χ1) is 7.09. The highest BCUT2D eigenvalue weighted by atomic mass is 79.9. The molecule has 1 aromatic carbocycles. The summed E-state index contributed by atoms with van der Waals surface area (Å²) >= 11 is 3.24. The molecule has 1 N–H and O–H groups in total. The zero-order valence-electron chi connectivity index (χ0n) is 8.36. The van der Waals surface area contributed by atoms with E-state index in [2.05, 4.69) is 20.9 Å². The number of aromatic nitrogens is 2. The average Bonchev–Trinajstić information content (AvgIpc) is 2.51. The number of aryl methyl sites for hydroxylation is 2. The number of para-hydroxylation sites is 1. The minimum absolute atomic E-state index is 0.138. The maximum atomic E-state index is 9.80. The second-order valence-electron chi connectivity index (χ2n) is 3.19. The summed E-state index contributed by atoms with van der Waals surface area (Å²) in [5, 5.41) is 9.80. The first-order valence-corrected chi connectivity index (χ1v) is 5.20. The molecule has 2 rings (SSSR count). The van der Waals surface area contributed by atoms with Crippen LogP contribution in [0.1, 0.15) is 5.82 Å². The molecule has 78 valence electrons. The Kier molecular flexibility index (Phi) is 2.48. The average molecular weight is 270 g/mol. The van der Waals surface area contributed by atoms with Gasteiger partial charge >= 0.3 is 11.7 Å². The maximum Gasteiger partial charge on any atom is 0.388 e. The van der Waals surface area contributed by atoms with Crippen LogP contribution in [-0.2, 0) is 7.05 Å². The number of phenols is 1. The maximum absolute atomic E-state index is 9.80. The number of rotatable bonds is 1. The van der Waals surface area contributed by atoms with E-state index in [1.54, 1.807) is 23.9 Å². The van der Waals surface area contributed by atoms with Gasteiger partial charge in [0.1, 0.15) is 18.4 Å². The Bertz CT molecular complexity index is 489. The molecule has 0 saturated carbocycles. The number of aromatic hydroxyl groups is 1. The first kappa shape index (κ1) is 10.2. The Hall–Kier alpha value is -1.36. The van der Waals surface area contributed by atoms with E-state index < -0.39 is 0 Å². The molecule has 1 heterocycles. The molecule has 0 saturated heterocycles. The fourth-order valence-electron chi connectivity index (χ4n) is 1.23. The zero-order chi connectivity index (χ0) is 11.0. The van der Waals surface area contributed by atoms with Gasteiger partial charge in [-0.1, -0.05) is 10.8 Å². The molecule has 15 heavy (non-hydrogen) atoms. The number of halogens is 1. The Morgan fingerprint density at radius 2 is 2.20 bits per heavy atom. The highest BCUT2D eigenvalue weighted by Crippen LogP contribution is 2.33. The molecular formula is C10H10BrN2O2+. The Labute approximate surface area is 95.3 Å². The molecule has 4 nitrogen and oxygen atoms in total. The van der Waals surface area contributed by atoms with Crippen LogP contribution in [0.3, 0.4) is 0 Å². The second-order valence-corrected chi connectivity index (χ2v) is 4.04. The van der Waals surface area contributed by atoms with Crippen molar-refractivity contribution < 1.29 is 14.4 Å². The molecular weight excluding hydrogens is 260 g/mol. The quantitative estimate of drug-likeness (QED) is 0.806. The van der Waals surface area contributed by atoms with Crippen LogP contribution in [0, 0.1) is 6.92 Å². The van der Waals surface area contributed by atoms with E-state index in [1.165, 1.54) is 0 Å². The molecule has 0 spiro atoms. The summed E-state index contributed by atoms with van der Waals surface area (Å²) in [7, 11) is 1.76. The third-order valence-electron chi connectivity index (χ3n) is 2.16. The van der Waals surface area contributed by atoms with Gasteiger partial charge in [-0.25, -0.2) is 0 Å². The molecule has 0 radical (unpaired) electrons. The normalized spacial score (nSPS) is 10.6. The highest BCUT2D eigenvalue weighted by molar-refractivity contribution is 9.10. The fourth-order valence-corrected chi connectivity index (χ4v) is 1.60. The largest absolute Gasteiger partial charge is 0.506 e. The summed E-state index contributed by atoms with van der Waals surface area (Å²) in [6.45, 7) is 1.84. The fraction of sp³-hybridized carbons (Fsp3) is 0.200. The predicted octanol–water partition coefficient (Wildman–Crippen LogP) is 1.94. The molecule has 0 atom stereocenters. The van der Waals surface area contributed by atoms with Crippen LogP contribution in [0.4, 0.5) is 0 Å². The van der Waals surface area contributed by atoms with Gasteiger partial charge in [0.25, 0.3) is 0 Å². The summed E-state index contributed by atoms with van der Waals surface area (Å²) in [4.78, 5) is 4.20. The molecule has 0 aliphatic rings. The molecule has 0 aliphatic carbocycles. The minimum atomic E-state index is 0.138. The summed E-state index contributed by atoms with van der Waals surface area (Å²) in [5.41, 5.74) is 0.577. The van der Waals surface area contributed by atoms with Gasteiger partial charge < -0.3 is 5.11 Å². The zero-order valence-corrected chi connectivity index (χ0v) is 9.95. The van der Waals surface area contributed by atoms with E-state index in [9.17, 15) is 5.11 Å². The van der Waals surface area contributed by atoms with Crippen molar-refractivity contribution in [2.24, 2.45) is 7.05 Å². The first-order valence-electron chi connectivity index (χ1n) is 4.41. The van der Waals surface area contributed by atoms with Crippen LogP contribution in [-0.4, -0.2) is 10.1 Å². The van der Waals surface area contributed by atoms with E-state index >= 15 is 0 Å². The van der Waals surface area contributed by atoms with Crippen LogP contribution < -0.4 is 4.74 Å². The summed E-state index contributed by atoms with van der Waals surface area (Å²) in [6, 6.07) is 5.33. The topological polar surface area (TPSA) is 50.1 Å². The lowest BCUT2D eigenvalue weighted by Crippen LogP contribution is -2.27. The lowest BCUT2D eigenvalue weighted by molar-refractivity contribution is -0.848. The van der Waals surface area contributed by atoms with Crippen molar-refractivity contribution in [1.82, 2.24) is 4.98 Å². The highest BCUT2D eigenvalue weighted by Gasteiger charge is 2.21. The van der Waals surface area contributed by atoms with Crippen molar-refractivity contribution in [3.05, 3.63) is 28.5 Å². The van der Waals surface area contributed by atoms with Crippen molar-refractivity contribution in [1.29, 1.82) is 0 Å². The lowest BCUT2D eigenvalue weighted by Gasteiger charge is -1.97. The van der Waals surface area contributed by atoms with Gasteiger partial charge in [0.2, 0.25) is 0 Å². The standard InChI is InChI=1S/C10H9BrN2O2/c1-6-12-10(15-13(6)2)7-4-3-5-8(11)9(7)14/h3-5H,1-2H3/p+1. The van der Waals surface area contributed by atoms with Crippen LogP contribution in [0.2, 0.25) is 0 Å². The van der Waals surface area contributed by atoms with Crippen LogP contribution in [0.25, 0.3) is 11.5 Å². The SMILES string of the molecule is Cc1nc(-c2cccc(Br)c2O)o[n+]1C. The number of hydrogen-bond donors (Lipinski definition) is 1.